The zero-order valence-electron chi connectivity index (χ0n) is 13.0. The molecule has 7 nitrogen and oxygen atoms in total. The van der Waals surface area contributed by atoms with E-state index in [9.17, 15) is 9.59 Å². The Labute approximate surface area is 134 Å². The zero-order chi connectivity index (χ0) is 16.2. The summed E-state index contributed by atoms with van der Waals surface area (Å²) in [4.78, 5) is 30.6. The predicted octanol–water partition coefficient (Wildman–Crippen LogP) is 1.31. The van der Waals surface area contributed by atoms with Gasteiger partial charge in [-0.1, -0.05) is 6.07 Å². The first kappa shape index (κ1) is 15.2. The smallest absolute Gasteiger partial charge is 0.274 e. The highest BCUT2D eigenvalue weighted by atomic mass is 16.2. The lowest BCUT2D eigenvalue weighted by Gasteiger charge is -2.31. The highest BCUT2D eigenvalue weighted by Gasteiger charge is 2.29. The summed E-state index contributed by atoms with van der Waals surface area (Å²) >= 11 is 0. The van der Waals surface area contributed by atoms with Gasteiger partial charge >= 0.3 is 0 Å². The zero-order valence-corrected chi connectivity index (χ0v) is 13.0. The maximum absolute atomic E-state index is 12.4. The van der Waals surface area contributed by atoms with Crippen molar-refractivity contribution >= 4 is 17.6 Å². The minimum absolute atomic E-state index is 0.0952. The lowest BCUT2D eigenvalue weighted by Crippen LogP contribution is -2.44. The van der Waals surface area contributed by atoms with Crippen LogP contribution in [0.25, 0.3) is 0 Å². The fourth-order valence-corrected chi connectivity index (χ4v) is 2.73. The topological polar surface area (TPSA) is 80.1 Å². The SMILES string of the molecule is Cn1ccc(C(=O)N2CCCC(C(=O)Nc3ccccn3)C2)n1. The van der Waals surface area contributed by atoms with E-state index in [4.69, 9.17) is 0 Å². The van der Waals surface area contributed by atoms with Crippen LogP contribution < -0.4 is 5.32 Å². The Morgan fingerprint density at radius 3 is 2.87 bits per heavy atom. The molecule has 1 unspecified atom stereocenters. The van der Waals surface area contributed by atoms with Gasteiger partial charge in [-0.25, -0.2) is 4.98 Å². The molecule has 1 saturated heterocycles. The Balaban J connectivity index is 1.63. The number of anilines is 1. The van der Waals surface area contributed by atoms with Gasteiger partial charge in [-0.05, 0) is 31.0 Å². The van der Waals surface area contributed by atoms with E-state index >= 15 is 0 Å². The van der Waals surface area contributed by atoms with Gasteiger partial charge in [0, 0.05) is 32.5 Å². The molecule has 2 aromatic rings. The summed E-state index contributed by atoms with van der Waals surface area (Å²) in [7, 11) is 1.77. The van der Waals surface area contributed by atoms with Crippen molar-refractivity contribution in [2.24, 2.45) is 13.0 Å². The summed E-state index contributed by atoms with van der Waals surface area (Å²) in [5.41, 5.74) is 0.415. The van der Waals surface area contributed by atoms with Gasteiger partial charge in [0.05, 0.1) is 5.92 Å². The van der Waals surface area contributed by atoms with Gasteiger partial charge in [-0.2, -0.15) is 5.10 Å². The van der Waals surface area contributed by atoms with Gasteiger partial charge in [0.1, 0.15) is 11.5 Å². The summed E-state index contributed by atoms with van der Waals surface area (Å²) in [5.74, 6) is 0.0900. The number of aryl methyl sites for hydroxylation is 1. The predicted molar refractivity (Wildman–Crippen MR) is 84.7 cm³/mol. The van der Waals surface area contributed by atoms with Gasteiger partial charge in [-0.15, -0.1) is 0 Å². The van der Waals surface area contributed by atoms with E-state index in [1.54, 1.807) is 47.2 Å². The van der Waals surface area contributed by atoms with Crippen molar-refractivity contribution in [2.75, 3.05) is 18.4 Å². The van der Waals surface area contributed by atoms with Gasteiger partial charge in [0.15, 0.2) is 0 Å². The van der Waals surface area contributed by atoms with Crippen LogP contribution in [0.4, 0.5) is 5.82 Å². The number of carbonyl (C=O) groups excluding carboxylic acids is 2. The number of aromatic nitrogens is 3. The molecule has 1 N–H and O–H groups in total. The first-order valence-electron chi connectivity index (χ1n) is 7.64. The lowest BCUT2D eigenvalue weighted by atomic mass is 9.97. The summed E-state index contributed by atoms with van der Waals surface area (Å²) < 4.78 is 1.60. The molecule has 0 aliphatic carbocycles. The fraction of sp³-hybridized carbons (Fsp3) is 0.375. The number of piperidine rings is 1. The molecule has 0 saturated carbocycles. The molecule has 0 radical (unpaired) electrons. The number of pyridine rings is 1. The number of nitrogens with zero attached hydrogens (tertiary/aromatic N) is 4. The van der Waals surface area contributed by atoms with Crippen LogP contribution in [-0.2, 0) is 11.8 Å². The Hall–Kier alpha value is -2.70. The number of carbonyl (C=O) groups is 2. The molecule has 1 aliphatic heterocycles. The molecule has 120 valence electrons. The summed E-state index contributed by atoms with van der Waals surface area (Å²) in [6.45, 7) is 1.07. The van der Waals surface area contributed by atoms with Crippen LogP contribution >= 0.6 is 0 Å². The number of hydrogen-bond acceptors (Lipinski definition) is 4. The van der Waals surface area contributed by atoms with Crippen molar-refractivity contribution in [3.05, 3.63) is 42.4 Å². The summed E-state index contributed by atoms with van der Waals surface area (Å²) in [6.07, 6.45) is 4.94. The largest absolute Gasteiger partial charge is 0.336 e. The molecule has 1 aliphatic rings. The van der Waals surface area contributed by atoms with Crippen LogP contribution in [0.2, 0.25) is 0 Å². The molecular formula is C16H19N5O2. The van der Waals surface area contributed by atoms with Gasteiger partial charge in [0.2, 0.25) is 5.91 Å². The molecule has 1 fully saturated rings. The molecule has 3 heterocycles. The number of amides is 2. The van der Waals surface area contributed by atoms with E-state index in [0.29, 0.717) is 24.6 Å². The van der Waals surface area contributed by atoms with E-state index in [1.165, 1.54) is 0 Å². The second-order valence-corrected chi connectivity index (χ2v) is 5.67. The number of hydrogen-bond donors (Lipinski definition) is 1. The Bertz CT molecular complexity index is 698. The van der Waals surface area contributed by atoms with Gasteiger partial charge in [-0.3, -0.25) is 14.3 Å². The van der Waals surface area contributed by atoms with Crippen molar-refractivity contribution in [1.29, 1.82) is 0 Å². The van der Waals surface area contributed by atoms with Crippen molar-refractivity contribution in [3.8, 4) is 0 Å². The van der Waals surface area contributed by atoms with Crippen LogP contribution in [0.5, 0.6) is 0 Å². The second kappa shape index (κ2) is 6.60. The maximum atomic E-state index is 12.4. The van der Waals surface area contributed by atoms with E-state index in [0.717, 1.165) is 12.8 Å². The highest BCUT2D eigenvalue weighted by molar-refractivity contribution is 5.94. The Morgan fingerprint density at radius 1 is 1.30 bits per heavy atom. The lowest BCUT2D eigenvalue weighted by molar-refractivity contribution is -0.121. The first-order valence-corrected chi connectivity index (χ1v) is 7.64. The monoisotopic (exact) mass is 313 g/mol. The molecule has 0 bridgehead atoms. The fourth-order valence-electron chi connectivity index (χ4n) is 2.73. The third-order valence-corrected chi connectivity index (χ3v) is 3.93. The van der Waals surface area contributed by atoms with Gasteiger partial charge < -0.3 is 10.2 Å². The van der Waals surface area contributed by atoms with E-state index in [-0.39, 0.29) is 17.7 Å². The number of rotatable bonds is 3. The number of likely N-dealkylation sites (tertiary alicyclic amines) is 1. The molecule has 1 atom stereocenters. The van der Waals surface area contributed by atoms with Crippen LogP contribution in [0.3, 0.4) is 0 Å². The molecule has 2 aromatic heterocycles. The quantitative estimate of drug-likeness (QED) is 0.926. The standard InChI is InChI=1S/C16H19N5O2/c1-20-10-7-13(19-20)16(23)21-9-4-5-12(11-21)15(22)18-14-6-2-3-8-17-14/h2-3,6-8,10,12H,4-5,9,11H2,1H3,(H,17,18,22). The van der Waals surface area contributed by atoms with E-state index in [1.807, 2.05) is 6.07 Å². The molecule has 23 heavy (non-hydrogen) atoms. The minimum atomic E-state index is -0.224. The second-order valence-electron chi connectivity index (χ2n) is 5.67. The molecule has 0 spiro atoms. The van der Waals surface area contributed by atoms with Crippen LogP contribution in [0, 0.1) is 5.92 Å². The van der Waals surface area contributed by atoms with Crippen LogP contribution in [0.1, 0.15) is 23.3 Å². The summed E-state index contributed by atoms with van der Waals surface area (Å²) in [5, 5.41) is 6.95. The minimum Gasteiger partial charge on any atom is -0.336 e. The van der Waals surface area contributed by atoms with E-state index in [2.05, 4.69) is 15.4 Å². The third-order valence-electron chi connectivity index (χ3n) is 3.93. The van der Waals surface area contributed by atoms with Crippen LogP contribution in [-0.4, -0.2) is 44.6 Å². The average Bonchev–Trinajstić information content (AvgIpc) is 3.01. The van der Waals surface area contributed by atoms with Crippen molar-refractivity contribution in [1.82, 2.24) is 19.7 Å². The molecule has 7 heteroatoms. The van der Waals surface area contributed by atoms with Gasteiger partial charge in [0.25, 0.3) is 5.91 Å². The van der Waals surface area contributed by atoms with Crippen LogP contribution in [0.15, 0.2) is 36.7 Å². The molecular weight excluding hydrogens is 294 g/mol. The van der Waals surface area contributed by atoms with Crippen molar-refractivity contribution in [3.63, 3.8) is 0 Å². The molecule has 0 aromatic carbocycles. The first-order chi connectivity index (χ1) is 11.1. The number of nitrogens with one attached hydrogen (secondary N) is 1. The summed E-state index contributed by atoms with van der Waals surface area (Å²) in [6, 6.07) is 7.06. The van der Waals surface area contributed by atoms with Crippen molar-refractivity contribution < 1.29 is 9.59 Å². The Kier molecular flexibility index (Phi) is 4.36. The maximum Gasteiger partial charge on any atom is 0.274 e. The highest BCUT2D eigenvalue weighted by Crippen LogP contribution is 2.19. The Morgan fingerprint density at radius 2 is 2.17 bits per heavy atom. The molecule has 2 amide bonds. The van der Waals surface area contributed by atoms with Crippen molar-refractivity contribution in [2.45, 2.75) is 12.8 Å². The molecule has 3 rings (SSSR count). The normalized spacial score (nSPS) is 17.8. The van der Waals surface area contributed by atoms with E-state index < -0.39 is 0 Å². The third kappa shape index (κ3) is 3.56. The average molecular weight is 313 g/mol.